The van der Waals surface area contributed by atoms with Crippen molar-refractivity contribution in [1.82, 2.24) is 15.5 Å². The van der Waals surface area contributed by atoms with E-state index >= 15 is 0 Å². The molecular weight excluding hydrogens is 401 g/mol. The number of halogens is 2. The summed E-state index contributed by atoms with van der Waals surface area (Å²) in [5.74, 6) is 0.0402. The second kappa shape index (κ2) is 9.61. The lowest BCUT2D eigenvalue weighted by atomic mass is 10.1. The van der Waals surface area contributed by atoms with Crippen molar-refractivity contribution in [3.63, 3.8) is 0 Å². The number of nitrogens with one attached hydrogen (secondary N) is 2. The minimum absolute atomic E-state index is 0. The highest BCUT2D eigenvalue weighted by Crippen LogP contribution is 2.16. The van der Waals surface area contributed by atoms with Gasteiger partial charge in [-0.3, -0.25) is 4.79 Å². The van der Waals surface area contributed by atoms with Gasteiger partial charge in [0.1, 0.15) is 0 Å². The lowest BCUT2D eigenvalue weighted by Gasteiger charge is -2.27. The second-order valence-corrected chi connectivity index (χ2v) is 6.22. The Kier molecular flexibility index (Phi) is 8.55. The molecule has 1 aromatic carbocycles. The van der Waals surface area contributed by atoms with Gasteiger partial charge >= 0.3 is 0 Å². The van der Waals surface area contributed by atoms with Crippen LogP contribution in [0.15, 0.2) is 18.2 Å². The van der Waals surface area contributed by atoms with Gasteiger partial charge in [-0.1, -0.05) is 12.1 Å². The lowest BCUT2D eigenvalue weighted by Crippen LogP contribution is -2.44. The van der Waals surface area contributed by atoms with Gasteiger partial charge in [0, 0.05) is 36.3 Å². The lowest BCUT2D eigenvalue weighted by molar-refractivity contribution is 0.0950. The van der Waals surface area contributed by atoms with Gasteiger partial charge in [-0.15, -0.1) is 12.4 Å². The zero-order valence-corrected chi connectivity index (χ0v) is 15.3. The summed E-state index contributed by atoms with van der Waals surface area (Å²) in [6.07, 6.45) is 1.01. The molecule has 6 heteroatoms. The van der Waals surface area contributed by atoms with Gasteiger partial charge in [-0.2, -0.15) is 0 Å². The number of nitrogens with zero attached hydrogens (tertiary/aromatic N) is 1. The highest BCUT2D eigenvalue weighted by atomic mass is 127. The first-order chi connectivity index (χ1) is 9.68. The van der Waals surface area contributed by atoms with Crippen molar-refractivity contribution in [1.29, 1.82) is 0 Å². The highest BCUT2D eigenvalue weighted by molar-refractivity contribution is 14.1. The number of hydrogen-bond donors (Lipinski definition) is 2. The summed E-state index contributed by atoms with van der Waals surface area (Å²) in [7, 11) is 0. The van der Waals surface area contributed by atoms with Crippen LogP contribution < -0.4 is 10.6 Å². The average molecular weight is 424 g/mol. The molecule has 118 valence electrons. The molecule has 1 amide bonds. The van der Waals surface area contributed by atoms with Crippen LogP contribution in [-0.2, 0) is 0 Å². The van der Waals surface area contributed by atoms with Crippen LogP contribution in [0.3, 0.4) is 0 Å². The van der Waals surface area contributed by atoms with Crippen LogP contribution in [0, 0.1) is 10.5 Å². The van der Waals surface area contributed by atoms with E-state index in [1.807, 2.05) is 25.1 Å². The largest absolute Gasteiger partial charge is 0.352 e. The molecule has 4 nitrogen and oxygen atoms in total. The van der Waals surface area contributed by atoms with E-state index in [-0.39, 0.29) is 18.3 Å². The molecule has 1 aliphatic rings. The summed E-state index contributed by atoms with van der Waals surface area (Å²) >= 11 is 2.24. The number of rotatable bonds is 5. The quantitative estimate of drug-likeness (QED) is 0.563. The van der Waals surface area contributed by atoms with E-state index in [0.717, 1.165) is 60.4 Å². The predicted octanol–water partition coefficient (Wildman–Crippen LogP) is 2.05. The summed E-state index contributed by atoms with van der Waals surface area (Å²) < 4.78 is 1.05. The van der Waals surface area contributed by atoms with Crippen LogP contribution in [-0.4, -0.2) is 50.1 Å². The second-order valence-electron chi connectivity index (χ2n) is 5.14. The smallest absolute Gasteiger partial charge is 0.252 e. The molecule has 1 saturated heterocycles. The molecule has 2 N–H and O–H groups in total. The van der Waals surface area contributed by atoms with Crippen LogP contribution in [0.4, 0.5) is 0 Å². The maximum Gasteiger partial charge on any atom is 0.252 e. The van der Waals surface area contributed by atoms with Crippen molar-refractivity contribution < 1.29 is 4.79 Å². The van der Waals surface area contributed by atoms with E-state index < -0.39 is 0 Å². The number of aryl methyl sites for hydroxylation is 1. The van der Waals surface area contributed by atoms with Gasteiger partial charge in [-0.25, -0.2) is 0 Å². The van der Waals surface area contributed by atoms with Crippen molar-refractivity contribution in [2.75, 3.05) is 39.3 Å². The predicted molar refractivity (Wildman–Crippen MR) is 97.4 cm³/mol. The third kappa shape index (κ3) is 5.73. The van der Waals surface area contributed by atoms with E-state index in [9.17, 15) is 4.79 Å². The summed E-state index contributed by atoms with van der Waals surface area (Å²) in [6, 6.07) is 5.86. The highest BCUT2D eigenvalue weighted by Gasteiger charge is 2.11. The Bertz CT molecular complexity index is 464. The van der Waals surface area contributed by atoms with Crippen molar-refractivity contribution in [2.24, 2.45) is 0 Å². The minimum Gasteiger partial charge on any atom is -0.352 e. The molecule has 1 aromatic rings. The minimum atomic E-state index is 0. The molecule has 21 heavy (non-hydrogen) atoms. The first-order valence-corrected chi connectivity index (χ1v) is 8.23. The molecule has 0 unspecified atom stereocenters. The van der Waals surface area contributed by atoms with Crippen LogP contribution in [0.2, 0.25) is 0 Å². The summed E-state index contributed by atoms with van der Waals surface area (Å²) in [5.41, 5.74) is 1.94. The number of benzene rings is 1. The Hall–Kier alpha value is -0.370. The van der Waals surface area contributed by atoms with E-state index in [1.54, 1.807) is 0 Å². The standard InChI is InChI=1S/C15H22IN3O.ClH/c1-12-4-2-5-13(14(12)16)15(20)18-6-3-9-19-10-7-17-8-11-19;/h2,4-5,17H,3,6-11H2,1H3,(H,18,20);1H. The first kappa shape index (κ1) is 18.7. The summed E-state index contributed by atoms with van der Waals surface area (Å²) in [5, 5.41) is 6.36. The van der Waals surface area contributed by atoms with E-state index in [2.05, 4.69) is 38.1 Å². The van der Waals surface area contributed by atoms with Crippen LogP contribution in [0.25, 0.3) is 0 Å². The molecule has 0 atom stereocenters. The Morgan fingerprint density at radius 3 is 2.81 bits per heavy atom. The number of carbonyl (C=O) groups is 1. The van der Waals surface area contributed by atoms with Gasteiger partial charge in [-0.05, 0) is 54.1 Å². The number of hydrogen-bond acceptors (Lipinski definition) is 3. The van der Waals surface area contributed by atoms with Crippen molar-refractivity contribution in [3.05, 3.63) is 32.9 Å². The van der Waals surface area contributed by atoms with Crippen molar-refractivity contribution in [2.45, 2.75) is 13.3 Å². The molecule has 1 fully saturated rings. The molecule has 1 heterocycles. The Balaban J connectivity index is 0.00000220. The summed E-state index contributed by atoms with van der Waals surface area (Å²) in [4.78, 5) is 14.6. The molecule has 2 rings (SSSR count). The molecule has 0 radical (unpaired) electrons. The van der Waals surface area contributed by atoms with Gasteiger partial charge in [0.25, 0.3) is 5.91 Å². The average Bonchev–Trinajstić information content (AvgIpc) is 2.47. The van der Waals surface area contributed by atoms with Crippen LogP contribution >= 0.6 is 35.0 Å². The number of piperazine rings is 1. The third-order valence-corrected chi connectivity index (χ3v) is 5.01. The fourth-order valence-electron chi connectivity index (χ4n) is 2.36. The fraction of sp³-hybridized carbons (Fsp3) is 0.533. The number of amides is 1. The Labute approximate surface area is 146 Å². The Morgan fingerprint density at radius 1 is 1.38 bits per heavy atom. The van der Waals surface area contributed by atoms with Crippen molar-refractivity contribution >= 4 is 40.9 Å². The van der Waals surface area contributed by atoms with Gasteiger partial charge in [0.2, 0.25) is 0 Å². The van der Waals surface area contributed by atoms with Gasteiger partial charge in [0.05, 0.1) is 5.56 Å². The molecule has 1 aliphatic heterocycles. The SMILES string of the molecule is Cc1cccc(C(=O)NCCCN2CCNCC2)c1I.Cl. The molecule has 0 spiro atoms. The first-order valence-electron chi connectivity index (χ1n) is 7.15. The topological polar surface area (TPSA) is 44.4 Å². The number of carbonyl (C=O) groups excluding carboxylic acids is 1. The third-order valence-electron chi connectivity index (χ3n) is 3.58. The zero-order chi connectivity index (χ0) is 14.4. The molecule has 0 aromatic heterocycles. The Morgan fingerprint density at radius 2 is 2.10 bits per heavy atom. The van der Waals surface area contributed by atoms with Crippen LogP contribution in [0.5, 0.6) is 0 Å². The normalized spacial score (nSPS) is 15.3. The van der Waals surface area contributed by atoms with Gasteiger partial charge < -0.3 is 15.5 Å². The van der Waals surface area contributed by atoms with E-state index in [4.69, 9.17) is 0 Å². The van der Waals surface area contributed by atoms with Crippen LogP contribution in [0.1, 0.15) is 22.3 Å². The van der Waals surface area contributed by atoms with Crippen molar-refractivity contribution in [3.8, 4) is 0 Å². The maximum atomic E-state index is 12.1. The zero-order valence-electron chi connectivity index (χ0n) is 12.3. The molecular formula is C15H23ClIN3O. The van der Waals surface area contributed by atoms with E-state index in [1.165, 1.54) is 0 Å². The summed E-state index contributed by atoms with van der Waals surface area (Å²) in [6.45, 7) is 8.22. The van der Waals surface area contributed by atoms with E-state index in [0.29, 0.717) is 0 Å². The fourth-order valence-corrected chi connectivity index (χ4v) is 2.96. The monoisotopic (exact) mass is 423 g/mol. The molecule has 0 saturated carbocycles. The van der Waals surface area contributed by atoms with Gasteiger partial charge in [0.15, 0.2) is 0 Å². The molecule has 0 bridgehead atoms. The maximum absolute atomic E-state index is 12.1. The molecule has 0 aliphatic carbocycles.